The van der Waals surface area contributed by atoms with Crippen LogP contribution < -0.4 is 0 Å². The van der Waals surface area contributed by atoms with Gasteiger partial charge in [-0.3, -0.25) is 0 Å². The number of benzene rings is 1. The van der Waals surface area contributed by atoms with E-state index in [1.54, 1.807) is 0 Å². The number of hydrogen-bond acceptors (Lipinski definition) is 4. The van der Waals surface area contributed by atoms with Crippen molar-refractivity contribution in [2.45, 2.75) is 12.1 Å². The molecule has 0 spiro atoms. The highest BCUT2D eigenvalue weighted by atomic mass is 32.1. The second kappa shape index (κ2) is 3.14. The van der Waals surface area contributed by atoms with Crippen LogP contribution in [0.2, 0.25) is 0 Å². The first-order valence-electron chi connectivity index (χ1n) is 3.83. The molecular formula is C9H7N2OS-. The van der Waals surface area contributed by atoms with Crippen LogP contribution in [0.4, 0.5) is 0 Å². The van der Waals surface area contributed by atoms with Gasteiger partial charge >= 0.3 is 0 Å². The van der Waals surface area contributed by atoms with Crippen LogP contribution >= 0.6 is 0 Å². The third kappa shape index (κ3) is 1.67. The molecule has 0 N–H and O–H groups in total. The molecular weight excluding hydrogens is 184 g/mol. The summed E-state index contributed by atoms with van der Waals surface area (Å²) < 4.78 is 5.10. The Labute approximate surface area is 81.2 Å². The maximum atomic E-state index is 5.10. The number of nitrogens with zero attached hydrogens (tertiary/aromatic N) is 2. The van der Waals surface area contributed by atoms with Crippen molar-refractivity contribution in [2.24, 2.45) is 0 Å². The molecule has 2 aromatic rings. The Morgan fingerprint density at radius 2 is 1.85 bits per heavy atom. The molecule has 0 aliphatic rings. The Kier molecular flexibility index (Phi) is 1.98. The van der Waals surface area contributed by atoms with E-state index >= 15 is 0 Å². The standard InChI is InChI=1S/C9H8N2OS/c1-6-2-4-7(5-3-6)8-10-11-9(13)12-8/h2-5H,1H3,(H,11,13)/p-1. The molecule has 3 nitrogen and oxygen atoms in total. The summed E-state index contributed by atoms with van der Waals surface area (Å²) in [7, 11) is 0. The molecule has 0 radical (unpaired) electrons. The van der Waals surface area contributed by atoms with Crippen molar-refractivity contribution in [1.29, 1.82) is 0 Å². The molecule has 1 aromatic carbocycles. The molecule has 1 heterocycles. The highest BCUT2D eigenvalue weighted by molar-refractivity contribution is 7.58. The average Bonchev–Trinajstić information content (AvgIpc) is 2.53. The van der Waals surface area contributed by atoms with Gasteiger partial charge in [-0.15, -0.1) is 10.2 Å². The van der Waals surface area contributed by atoms with E-state index in [0.717, 1.165) is 5.56 Å². The van der Waals surface area contributed by atoms with Crippen molar-refractivity contribution in [3.63, 3.8) is 0 Å². The fourth-order valence-corrected chi connectivity index (χ4v) is 1.14. The molecule has 0 atom stereocenters. The highest BCUT2D eigenvalue weighted by Crippen LogP contribution is 2.17. The molecule has 0 bridgehead atoms. The van der Waals surface area contributed by atoms with E-state index in [1.165, 1.54) is 5.56 Å². The number of aromatic nitrogens is 2. The molecule has 0 saturated heterocycles. The number of rotatable bonds is 1. The SMILES string of the molecule is Cc1ccc(-c2nnc([S-])o2)cc1. The van der Waals surface area contributed by atoms with Gasteiger partial charge in [0.2, 0.25) is 5.89 Å². The van der Waals surface area contributed by atoms with Gasteiger partial charge in [0.25, 0.3) is 0 Å². The van der Waals surface area contributed by atoms with E-state index < -0.39 is 0 Å². The predicted octanol–water partition coefficient (Wildman–Crippen LogP) is 1.95. The molecule has 4 heteroatoms. The summed E-state index contributed by atoms with van der Waals surface area (Å²) in [6, 6.07) is 7.83. The predicted molar refractivity (Wildman–Crippen MR) is 50.1 cm³/mol. The quantitative estimate of drug-likeness (QED) is 0.646. The van der Waals surface area contributed by atoms with Crippen molar-refractivity contribution in [1.82, 2.24) is 10.2 Å². The minimum Gasteiger partial charge on any atom is -0.719 e. The van der Waals surface area contributed by atoms with Crippen LogP contribution in [0.1, 0.15) is 5.56 Å². The van der Waals surface area contributed by atoms with Gasteiger partial charge in [-0.1, -0.05) is 17.7 Å². The molecule has 13 heavy (non-hydrogen) atoms. The minimum absolute atomic E-state index is 0.176. The molecule has 0 unspecified atom stereocenters. The third-order valence-electron chi connectivity index (χ3n) is 1.70. The van der Waals surface area contributed by atoms with Gasteiger partial charge in [0, 0.05) is 5.56 Å². The lowest BCUT2D eigenvalue weighted by Gasteiger charge is -1.95. The molecule has 0 aliphatic carbocycles. The van der Waals surface area contributed by atoms with E-state index in [-0.39, 0.29) is 5.22 Å². The Morgan fingerprint density at radius 3 is 2.38 bits per heavy atom. The normalized spacial score (nSPS) is 10.2. The zero-order valence-electron chi connectivity index (χ0n) is 7.02. The lowest BCUT2D eigenvalue weighted by molar-refractivity contribution is 0.467. The molecule has 2 rings (SSSR count). The van der Waals surface area contributed by atoms with Gasteiger partial charge in [-0.2, -0.15) is 0 Å². The molecule has 1 aromatic heterocycles. The van der Waals surface area contributed by atoms with Gasteiger partial charge in [-0.25, -0.2) is 0 Å². The van der Waals surface area contributed by atoms with E-state index in [9.17, 15) is 0 Å². The largest absolute Gasteiger partial charge is 0.719 e. The first kappa shape index (κ1) is 8.19. The maximum Gasteiger partial charge on any atom is 0.245 e. The monoisotopic (exact) mass is 191 g/mol. The van der Waals surface area contributed by atoms with E-state index in [4.69, 9.17) is 17.0 Å². The second-order valence-electron chi connectivity index (χ2n) is 2.74. The minimum atomic E-state index is 0.176. The van der Waals surface area contributed by atoms with Gasteiger partial charge in [0.05, 0.1) is 5.22 Å². The summed E-state index contributed by atoms with van der Waals surface area (Å²) in [6.07, 6.45) is 0. The van der Waals surface area contributed by atoms with Crippen LogP contribution in [0.5, 0.6) is 0 Å². The molecule has 0 saturated carbocycles. The Bertz CT molecular complexity index is 408. The lowest BCUT2D eigenvalue weighted by atomic mass is 10.1. The smallest absolute Gasteiger partial charge is 0.245 e. The van der Waals surface area contributed by atoms with Crippen LogP contribution in [0.15, 0.2) is 33.9 Å². The van der Waals surface area contributed by atoms with Crippen molar-refractivity contribution in [3.05, 3.63) is 29.8 Å². The van der Waals surface area contributed by atoms with Crippen molar-refractivity contribution in [3.8, 4) is 11.5 Å². The van der Waals surface area contributed by atoms with E-state index in [1.807, 2.05) is 31.2 Å². The molecule has 0 aliphatic heterocycles. The zero-order chi connectivity index (χ0) is 9.26. The van der Waals surface area contributed by atoms with Gasteiger partial charge in [0.15, 0.2) is 0 Å². The fraction of sp³-hybridized carbons (Fsp3) is 0.111. The lowest BCUT2D eigenvalue weighted by Crippen LogP contribution is -1.77. The van der Waals surface area contributed by atoms with Gasteiger partial charge in [-0.05, 0) is 19.1 Å². The van der Waals surface area contributed by atoms with E-state index in [0.29, 0.717) is 5.89 Å². The third-order valence-corrected chi connectivity index (χ3v) is 1.87. The summed E-state index contributed by atoms with van der Waals surface area (Å²) in [4.78, 5) is 0. The Morgan fingerprint density at radius 1 is 1.15 bits per heavy atom. The van der Waals surface area contributed by atoms with Crippen LogP contribution in [-0.2, 0) is 12.6 Å². The Hall–Kier alpha value is -1.42. The first-order valence-corrected chi connectivity index (χ1v) is 4.24. The summed E-state index contributed by atoms with van der Waals surface area (Å²) in [5.74, 6) is 0.477. The van der Waals surface area contributed by atoms with Crippen molar-refractivity contribution in [2.75, 3.05) is 0 Å². The summed E-state index contributed by atoms with van der Waals surface area (Å²) in [5, 5.41) is 7.58. The zero-order valence-corrected chi connectivity index (χ0v) is 7.84. The van der Waals surface area contributed by atoms with E-state index in [2.05, 4.69) is 10.2 Å². The maximum absolute atomic E-state index is 5.10. The fourth-order valence-electron chi connectivity index (χ4n) is 1.02. The summed E-state index contributed by atoms with van der Waals surface area (Å²) >= 11 is 4.72. The van der Waals surface area contributed by atoms with Crippen LogP contribution in [0, 0.1) is 6.92 Å². The van der Waals surface area contributed by atoms with Crippen LogP contribution in [0.25, 0.3) is 11.5 Å². The Balaban J connectivity index is 2.41. The number of hydrogen-bond donors (Lipinski definition) is 0. The molecule has 0 amide bonds. The molecule has 0 fully saturated rings. The number of aryl methyl sites for hydroxylation is 1. The van der Waals surface area contributed by atoms with Crippen molar-refractivity contribution < 1.29 is 4.42 Å². The second-order valence-corrected chi connectivity index (χ2v) is 3.09. The van der Waals surface area contributed by atoms with Gasteiger partial charge < -0.3 is 17.0 Å². The average molecular weight is 191 g/mol. The first-order chi connectivity index (χ1) is 6.25. The summed E-state index contributed by atoms with van der Waals surface area (Å²) in [6.45, 7) is 2.02. The topological polar surface area (TPSA) is 38.9 Å². The summed E-state index contributed by atoms with van der Waals surface area (Å²) in [5.41, 5.74) is 2.09. The molecule has 66 valence electrons. The van der Waals surface area contributed by atoms with Gasteiger partial charge in [0.1, 0.15) is 0 Å². The van der Waals surface area contributed by atoms with Crippen LogP contribution in [0.3, 0.4) is 0 Å². The van der Waals surface area contributed by atoms with Crippen molar-refractivity contribution >= 4 is 12.6 Å². The highest BCUT2D eigenvalue weighted by Gasteiger charge is 2.01. The van der Waals surface area contributed by atoms with Crippen LogP contribution in [-0.4, -0.2) is 10.2 Å².